The number of thiazole rings is 1. The number of benzene rings is 2. The molecule has 0 aliphatic heterocycles. The van der Waals surface area contributed by atoms with E-state index in [1.807, 2.05) is 13.1 Å². The maximum atomic E-state index is 5.28. The predicted octanol–water partition coefficient (Wildman–Crippen LogP) is 4.27. The third-order valence-electron chi connectivity index (χ3n) is 3.77. The van der Waals surface area contributed by atoms with Crippen LogP contribution in [0.3, 0.4) is 0 Å². The van der Waals surface area contributed by atoms with Gasteiger partial charge in [0.05, 0.1) is 23.0 Å². The Hall–Kier alpha value is -2.53. The fourth-order valence-corrected chi connectivity index (χ4v) is 3.59. The van der Waals surface area contributed by atoms with Crippen molar-refractivity contribution in [1.29, 1.82) is 0 Å². The molecule has 4 nitrogen and oxygen atoms in total. The lowest BCUT2D eigenvalue weighted by molar-refractivity contribution is 0.415. The van der Waals surface area contributed by atoms with Crippen molar-refractivity contribution in [2.75, 3.05) is 19.5 Å². The zero-order valence-electron chi connectivity index (χ0n) is 12.3. The van der Waals surface area contributed by atoms with Gasteiger partial charge in [0, 0.05) is 24.5 Å². The van der Waals surface area contributed by atoms with Gasteiger partial charge in [0.1, 0.15) is 5.75 Å². The van der Waals surface area contributed by atoms with Gasteiger partial charge in [-0.25, -0.2) is 4.98 Å². The van der Waals surface area contributed by atoms with Gasteiger partial charge in [-0.1, -0.05) is 23.5 Å². The van der Waals surface area contributed by atoms with Crippen LogP contribution < -0.4 is 10.1 Å². The molecular formula is C17H15N3OS. The summed E-state index contributed by atoms with van der Waals surface area (Å²) < 4.78 is 8.60. The second kappa shape index (κ2) is 5.03. The van der Waals surface area contributed by atoms with Gasteiger partial charge in [0.2, 0.25) is 0 Å². The summed E-state index contributed by atoms with van der Waals surface area (Å²) in [7, 11) is 3.61. The quantitative estimate of drug-likeness (QED) is 0.614. The van der Waals surface area contributed by atoms with Crippen LogP contribution >= 0.6 is 11.3 Å². The van der Waals surface area contributed by atoms with E-state index < -0.39 is 0 Å². The number of fused-ring (bicyclic) bond motifs is 3. The van der Waals surface area contributed by atoms with Crippen molar-refractivity contribution in [3.8, 4) is 17.0 Å². The van der Waals surface area contributed by atoms with Gasteiger partial charge in [-0.15, -0.1) is 0 Å². The Balaban J connectivity index is 1.83. The number of methoxy groups -OCH3 is 1. The summed E-state index contributed by atoms with van der Waals surface area (Å²) in [6.07, 6.45) is 2.09. The number of ether oxygens (including phenoxy) is 1. The van der Waals surface area contributed by atoms with Crippen molar-refractivity contribution < 1.29 is 4.74 Å². The lowest BCUT2D eigenvalue weighted by Gasteiger charge is -2.01. The molecule has 110 valence electrons. The van der Waals surface area contributed by atoms with Crippen LogP contribution in [0, 0.1) is 0 Å². The molecule has 0 atom stereocenters. The van der Waals surface area contributed by atoms with Crippen molar-refractivity contribution in [2.24, 2.45) is 0 Å². The topological polar surface area (TPSA) is 38.6 Å². The lowest BCUT2D eigenvalue weighted by Crippen LogP contribution is -1.86. The van der Waals surface area contributed by atoms with E-state index in [-0.39, 0.29) is 0 Å². The van der Waals surface area contributed by atoms with Gasteiger partial charge in [0.25, 0.3) is 0 Å². The molecule has 4 aromatic rings. The summed E-state index contributed by atoms with van der Waals surface area (Å²) >= 11 is 1.67. The normalized spacial score (nSPS) is 11.2. The SMILES string of the molecule is COc1ccc2c(c1)sc1nc(-c3ccc(N[11CH3])cc3)cn12. The van der Waals surface area contributed by atoms with Crippen LogP contribution in [-0.4, -0.2) is 23.5 Å². The number of nitrogens with zero attached hydrogens (tertiary/aromatic N) is 2. The molecule has 0 amide bonds. The van der Waals surface area contributed by atoms with Crippen molar-refractivity contribution in [1.82, 2.24) is 9.38 Å². The van der Waals surface area contributed by atoms with Gasteiger partial charge < -0.3 is 10.1 Å². The van der Waals surface area contributed by atoms with Crippen LogP contribution in [0.15, 0.2) is 48.7 Å². The number of rotatable bonds is 3. The van der Waals surface area contributed by atoms with Crippen LogP contribution in [0.4, 0.5) is 5.69 Å². The first-order chi connectivity index (χ1) is 10.8. The number of anilines is 1. The molecule has 0 saturated heterocycles. The van der Waals surface area contributed by atoms with Crippen molar-refractivity contribution in [3.05, 3.63) is 48.7 Å². The van der Waals surface area contributed by atoms with E-state index in [4.69, 9.17) is 9.72 Å². The summed E-state index contributed by atoms with van der Waals surface area (Å²) in [5.41, 5.74) is 4.37. The zero-order valence-corrected chi connectivity index (χ0v) is 13.1. The fraction of sp³-hybridized carbons (Fsp3) is 0.118. The monoisotopic (exact) mass is 308 g/mol. The molecule has 2 heterocycles. The maximum Gasteiger partial charge on any atom is 0.195 e. The molecule has 0 bridgehead atoms. The third kappa shape index (κ3) is 2.02. The molecule has 0 unspecified atom stereocenters. The molecule has 5 heteroatoms. The molecule has 2 aromatic carbocycles. The molecule has 1 N–H and O–H groups in total. The van der Waals surface area contributed by atoms with Crippen LogP contribution in [0.25, 0.3) is 26.4 Å². The second-order valence-corrected chi connectivity index (χ2v) is 6.05. The Morgan fingerprint density at radius 2 is 1.95 bits per heavy atom. The number of imidazole rings is 1. The number of hydrogen-bond acceptors (Lipinski definition) is 4. The van der Waals surface area contributed by atoms with Crippen molar-refractivity contribution in [3.63, 3.8) is 0 Å². The number of aromatic nitrogens is 2. The summed E-state index contributed by atoms with van der Waals surface area (Å²) in [6, 6.07) is 14.4. The van der Waals surface area contributed by atoms with Crippen LogP contribution in [0.1, 0.15) is 0 Å². The molecule has 0 fully saturated rings. The van der Waals surface area contributed by atoms with Gasteiger partial charge in [0.15, 0.2) is 4.96 Å². The smallest absolute Gasteiger partial charge is 0.195 e. The highest BCUT2D eigenvalue weighted by molar-refractivity contribution is 7.23. The van der Waals surface area contributed by atoms with Gasteiger partial charge >= 0.3 is 0 Å². The summed E-state index contributed by atoms with van der Waals surface area (Å²) in [5.74, 6) is 0.875. The summed E-state index contributed by atoms with van der Waals surface area (Å²) in [5, 5.41) is 3.13. The molecule has 22 heavy (non-hydrogen) atoms. The standard InChI is InChI=1S/C17H15N3OS/c1-18-12-5-3-11(4-6-12)14-10-20-15-8-7-13(21-2)9-16(15)22-17(20)19-14/h3-10,18H,1-2H3/i1-1. The minimum absolute atomic E-state index is 0.875. The Morgan fingerprint density at radius 3 is 2.68 bits per heavy atom. The summed E-state index contributed by atoms with van der Waals surface area (Å²) in [6.45, 7) is 0. The average Bonchev–Trinajstić information content (AvgIpc) is 3.11. The Kier molecular flexibility index (Phi) is 3.01. The molecule has 2 aromatic heterocycles. The van der Waals surface area contributed by atoms with E-state index >= 15 is 0 Å². The molecule has 0 spiro atoms. The molecule has 0 radical (unpaired) electrons. The van der Waals surface area contributed by atoms with Crippen LogP contribution in [-0.2, 0) is 0 Å². The zero-order chi connectivity index (χ0) is 15.1. The van der Waals surface area contributed by atoms with Gasteiger partial charge in [-0.3, -0.25) is 4.40 Å². The average molecular weight is 308 g/mol. The van der Waals surface area contributed by atoms with Gasteiger partial charge in [-0.2, -0.15) is 0 Å². The summed E-state index contributed by atoms with van der Waals surface area (Å²) in [4.78, 5) is 5.75. The van der Waals surface area contributed by atoms with E-state index in [1.165, 1.54) is 4.70 Å². The van der Waals surface area contributed by atoms with E-state index in [0.717, 1.165) is 33.2 Å². The molecule has 0 aliphatic carbocycles. The Labute approximate surface area is 132 Å². The number of nitrogens with one attached hydrogen (secondary N) is 1. The molecule has 4 rings (SSSR count). The Bertz CT molecular complexity index is 953. The van der Waals surface area contributed by atoms with E-state index in [1.54, 1.807) is 18.4 Å². The second-order valence-electron chi connectivity index (χ2n) is 5.04. The Morgan fingerprint density at radius 1 is 1.14 bits per heavy atom. The van der Waals surface area contributed by atoms with E-state index in [0.29, 0.717) is 0 Å². The van der Waals surface area contributed by atoms with Crippen molar-refractivity contribution >= 4 is 32.2 Å². The fourth-order valence-electron chi connectivity index (χ4n) is 2.56. The number of hydrogen-bond donors (Lipinski definition) is 1. The van der Waals surface area contributed by atoms with Crippen LogP contribution in [0.5, 0.6) is 5.75 Å². The minimum atomic E-state index is 0.875. The highest BCUT2D eigenvalue weighted by atomic mass is 32.1. The van der Waals surface area contributed by atoms with Gasteiger partial charge in [-0.05, 0) is 30.3 Å². The van der Waals surface area contributed by atoms with Crippen LogP contribution in [0.2, 0.25) is 0 Å². The van der Waals surface area contributed by atoms with E-state index in [9.17, 15) is 0 Å². The maximum absolute atomic E-state index is 5.28. The first-order valence-electron chi connectivity index (χ1n) is 7.02. The molecule has 0 saturated carbocycles. The largest absolute Gasteiger partial charge is 0.497 e. The molecular weight excluding hydrogens is 293 g/mol. The predicted molar refractivity (Wildman–Crippen MR) is 92.1 cm³/mol. The lowest BCUT2D eigenvalue weighted by atomic mass is 10.1. The highest BCUT2D eigenvalue weighted by Crippen LogP contribution is 2.31. The van der Waals surface area contributed by atoms with Crippen molar-refractivity contribution in [2.45, 2.75) is 0 Å². The molecule has 0 aliphatic rings. The highest BCUT2D eigenvalue weighted by Gasteiger charge is 2.10. The first-order valence-corrected chi connectivity index (χ1v) is 7.84. The first kappa shape index (κ1) is 13.2. The third-order valence-corrected chi connectivity index (χ3v) is 4.79. The van der Waals surface area contributed by atoms with E-state index in [2.05, 4.69) is 52.3 Å². The minimum Gasteiger partial charge on any atom is -0.497 e.